The Morgan fingerprint density at radius 2 is 1.76 bits per heavy atom. The van der Waals surface area contributed by atoms with Crippen LogP contribution in [-0.4, -0.2) is 42.1 Å². The highest BCUT2D eigenvalue weighted by molar-refractivity contribution is 5.85. The number of carbonyl (C=O) groups excluding carboxylic acids is 1. The Morgan fingerprint density at radius 3 is 2.53 bits per heavy atom. The molecule has 2 aliphatic heterocycles. The van der Waals surface area contributed by atoms with Gasteiger partial charge in [0.25, 0.3) is 0 Å². The molecule has 2 atom stereocenters. The predicted octanol–water partition coefficient (Wildman–Crippen LogP) is 1.50. The predicted molar refractivity (Wildman–Crippen MR) is 69.6 cm³/mol. The van der Waals surface area contributed by atoms with E-state index < -0.39 is 0 Å². The summed E-state index contributed by atoms with van der Waals surface area (Å²) in [5.41, 5.74) is 0. The number of fused-ring (bicyclic) bond motifs is 1. The molecule has 0 spiro atoms. The van der Waals surface area contributed by atoms with Crippen LogP contribution in [0.1, 0.15) is 38.5 Å². The largest absolute Gasteiger partial charge is 0.333 e. The van der Waals surface area contributed by atoms with Crippen molar-refractivity contribution in [2.24, 2.45) is 0 Å². The number of halogens is 1. The molecule has 3 aliphatic rings. The van der Waals surface area contributed by atoms with Gasteiger partial charge in [-0.15, -0.1) is 12.4 Å². The lowest BCUT2D eigenvalue weighted by molar-refractivity contribution is 0.138. The van der Waals surface area contributed by atoms with Crippen LogP contribution in [0, 0.1) is 0 Å². The molecule has 2 N–H and O–H groups in total. The van der Waals surface area contributed by atoms with E-state index in [4.69, 9.17) is 0 Å². The first-order chi connectivity index (χ1) is 7.86. The molecule has 1 aliphatic carbocycles. The Bertz CT molecular complexity index is 281. The number of hydrogen-bond donors (Lipinski definition) is 2. The van der Waals surface area contributed by atoms with E-state index in [1.165, 1.54) is 25.7 Å². The van der Waals surface area contributed by atoms with Crippen molar-refractivity contribution < 1.29 is 4.79 Å². The zero-order valence-electron chi connectivity index (χ0n) is 10.2. The van der Waals surface area contributed by atoms with Gasteiger partial charge in [-0.1, -0.05) is 12.8 Å². The molecule has 2 saturated heterocycles. The summed E-state index contributed by atoms with van der Waals surface area (Å²) in [6.07, 6.45) is 7.19. The van der Waals surface area contributed by atoms with Crippen LogP contribution < -0.4 is 10.6 Å². The fourth-order valence-corrected chi connectivity index (χ4v) is 3.52. The number of nitrogens with zero attached hydrogens (tertiary/aromatic N) is 1. The summed E-state index contributed by atoms with van der Waals surface area (Å²) >= 11 is 0. The minimum absolute atomic E-state index is 0. The van der Waals surface area contributed by atoms with Gasteiger partial charge in [-0.2, -0.15) is 0 Å². The third-order valence-electron chi connectivity index (χ3n) is 4.33. The van der Waals surface area contributed by atoms with Crippen LogP contribution in [0.2, 0.25) is 0 Å². The Labute approximate surface area is 109 Å². The van der Waals surface area contributed by atoms with Crippen molar-refractivity contribution in [1.29, 1.82) is 0 Å². The zero-order chi connectivity index (χ0) is 11.0. The van der Waals surface area contributed by atoms with Crippen LogP contribution in [-0.2, 0) is 0 Å². The van der Waals surface area contributed by atoms with Gasteiger partial charge < -0.3 is 15.5 Å². The highest BCUT2D eigenvalue weighted by atomic mass is 35.5. The first-order valence-electron chi connectivity index (χ1n) is 6.66. The van der Waals surface area contributed by atoms with Crippen LogP contribution >= 0.6 is 12.4 Å². The maximum Gasteiger partial charge on any atom is 0.318 e. The second kappa shape index (κ2) is 5.44. The number of amides is 2. The smallest absolute Gasteiger partial charge is 0.318 e. The van der Waals surface area contributed by atoms with Gasteiger partial charge in [0.1, 0.15) is 0 Å². The fraction of sp³-hybridized carbons (Fsp3) is 0.917. The molecule has 0 aromatic rings. The van der Waals surface area contributed by atoms with Crippen molar-refractivity contribution in [2.75, 3.05) is 13.1 Å². The zero-order valence-corrected chi connectivity index (χ0v) is 11.0. The number of rotatable bonds is 1. The minimum atomic E-state index is 0. The number of hydrogen-bond acceptors (Lipinski definition) is 2. The average molecular weight is 260 g/mol. The third-order valence-corrected chi connectivity index (χ3v) is 4.33. The second-order valence-electron chi connectivity index (χ2n) is 5.30. The molecular weight excluding hydrogens is 238 g/mol. The van der Waals surface area contributed by atoms with Crippen LogP contribution in [0.25, 0.3) is 0 Å². The van der Waals surface area contributed by atoms with Gasteiger partial charge in [0, 0.05) is 6.04 Å². The minimum Gasteiger partial charge on any atom is -0.333 e. The molecule has 3 fully saturated rings. The summed E-state index contributed by atoms with van der Waals surface area (Å²) in [5.74, 6) is 0. The number of urea groups is 1. The highest BCUT2D eigenvalue weighted by Gasteiger charge is 2.43. The van der Waals surface area contributed by atoms with Gasteiger partial charge >= 0.3 is 6.03 Å². The van der Waals surface area contributed by atoms with Crippen LogP contribution in [0.15, 0.2) is 0 Å². The number of carbonyl (C=O) groups is 1. The molecule has 1 saturated carbocycles. The molecule has 0 aromatic carbocycles. The van der Waals surface area contributed by atoms with E-state index >= 15 is 0 Å². The molecule has 5 heteroatoms. The molecule has 17 heavy (non-hydrogen) atoms. The first-order valence-corrected chi connectivity index (χ1v) is 6.66. The molecule has 3 rings (SSSR count). The topological polar surface area (TPSA) is 44.4 Å². The highest BCUT2D eigenvalue weighted by Crippen LogP contribution is 2.31. The van der Waals surface area contributed by atoms with Crippen molar-refractivity contribution in [3.63, 3.8) is 0 Å². The molecular formula is C12H22ClN3O. The lowest BCUT2D eigenvalue weighted by Gasteiger charge is -2.37. The van der Waals surface area contributed by atoms with Gasteiger partial charge in [0.2, 0.25) is 0 Å². The van der Waals surface area contributed by atoms with E-state index in [9.17, 15) is 4.79 Å². The maximum atomic E-state index is 12.0. The Morgan fingerprint density at radius 1 is 1.06 bits per heavy atom. The monoisotopic (exact) mass is 259 g/mol. The van der Waals surface area contributed by atoms with Crippen molar-refractivity contribution in [3.8, 4) is 0 Å². The summed E-state index contributed by atoms with van der Waals surface area (Å²) in [5, 5.41) is 6.54. The van der Waals surface area contributed by atoms with Crippen LogP contribution in [0.5, 0.6) is 0 Å². The standard InChI is InChI=1S/C12H21N3O.ClH/c16-12-14-10-3-1-2-4-11(10)15(12)9-5-7-13-8-6-9;/h9-11,13H,1-8H2,(H,14,16);1H. The lowest BCUT2D eigenvalue weighted by atomic mass is 9.89. The lowest BCUT2D eigenvalue weighted by Crippen LogP contribution is -2.49. The van der Waals surface area contributed by atoms with Crippen molar-refractivity contribution >= 4 is 18.4 Å². The van der Waals surface area contributed by atoms with E-state index in [1.807, 2.05) is 0 Å². The van der Waals surface area contributed by atoms with E-state index in [0.29, 0.717) is 18.1 Å². The molecule has 2 heterocycles. The number of piperidine rings is 1. The van der Waals surface area contributed by atoms with E-state index in [-0.39, 0.29) is 18.4 Å². The van der Waals surface area contributed by atoms with Crippen molar-refractivity contribution in [1.82, 2.24) is 15.5 Å². The van der Waals surface area contributed by atoms with E-state index in [2.05, 4.69) is 15.5 Å². The Kier molecular flexibility index (Phi) is 4.15. The van der Waals surface area contributed by atoms with Crippen LogP contribution in [0.3, 0.4) is 0 Å². The summed E-state index contributed by atoms with van der Waals surface area (Å²) in [4.78, 5) is 14.2. The van der Waals surface area contributed by atoms with Gasteiger partial charge in [-0.25, -0.2) is 4.79 Å². The summed E-state index contributed by atoms with van der Waals surface area (Å²) < 4.78 is 0. The molecule has 0 bridgehead atoms. The van der Waals surface area contributed by atoms with Gasteiger partial charge in [0.05, 0.1) is 12.1 Å². The van der Waals surface area contributed by atoms with Crippen molar-refractivity contribution in [2.45, 2.75) is 56.7 Å². The molecule has 2 amide bonds. The Balaban J connectivity index is 0.00000108. The molecule has 0 radical (unpaired) electrons. The summed E-state index contributed by atoms with van der Waals surface area (Å²) in [6.45, 7) is 2.12. The van der Waals surface area contributed by atoms with Gasteiger partial charge in [-0.05, 0) is 38.8 Å². The third kappa shape index (κ3) is 2.38. The van der Waals surface area contributed by atoms with Gasteiger partial charge in [0.15, 0.2) is 0 Å². The quantitative estimate of drug-likeness (QED) is 0.750. The molecule has 4 nitrogen and oxygen atoms in total. The summed E-state index contributed by atoms with van der Waals surface area (Å²) in [7, 11) is 0. The fourth-order valence-electron chi connectivity index (χ4n) is 3.52. The van der Waals surface area contributed by atoms with Gasteiger partial charge in [-0.3, -0.25) is 0 Å². The SMILES string of the molecule is Cl.O=C1NC2CCCCC2N1C1CCNCC1. The number of nitrogens with one attached hydrogen (secondary N) is 2. The summed E-state index contributed by atoms with van der Waals surface area (Å²) in [6, 6.07) is 1.61. The van der Waals surface area contributed by atoms with Crippen molar-refractivity contribution in [3.05, 3.63) is 0 Å². The normalized spacial score (nSPS) is 33.9. The van der Waals surface area contributed by atoms with E-state index in [1.54, 1.807) is 0 Å². The van der Waals surface area contributed by atoms with E-state index in [0.717, 1.165) is 25.9 Å². The molecule has 0 aromatic heterocycles. The molecule has 2 unspecified atom stereocenters. The average Bonchev–Trinajstić information content (AvgIpc) is 2.66. The first kappa shape index (κ1) is 13.0. The maximum absolute atomic E-state index is 12.0. The second-order valence-corrected chi connectivity index (χ2v) is 5.30. The van der Waals surface area contributed by atoms with Crippen LogP contribution in [0.4, 0.5) is 4.79 Å². The molecule has 98 valence electrons. The Hall–Kier alpha value is -0.480.